The quantitative estimate of drug-likeness (QED) is 0.569. The van der Waals surface area contributed by atoms with Crippen molar-refractivity contribution >= 4 is 11.9 Å². The summed E-state index contributed by atoms with van der Waals surface area (Å²) < 4.78 is 11.2. The van der Waals surface area contributed by atoms with E-state index < -0.39 is 5.92 Å². The molecule has 29 heavy (non-hydrogen) atoms. The van der Waals surface area contributed by atoms with E-state index in [-0.39, 0.29) is 18.0 Å². The van der Waals surface area contributed by atoms with Crippen molar-refractivity contribution in [3.8, 4) is 5.75 Å². The minimum Gasteiger partial charge on any atom is -0.462 e. The van der Waals surface area contributed by atoms with Gasteiger partial charge in [-0.1, -0.05) is 42.5 Å². The molecule has 0 aliphatic carbocycles. The fourth-order valence-electron chi connectivity index (χ4n) is 4.69. The lowest BCUT2D eigenvalue weighted by atomic mass is 9.91. The summed E-state index contributed by atoms with van der Waals surface area (Å²) in [5.74, 6) is -0.618. The van der Waals surface area contributed by atoms with Crippen molar-refractivity contribution in [1.82, 2.24) is 4.90 Å². The first-order chi connectivity index (χ1) is 14.0. The molecule has 2 aliphatic heterocycles. The lowest BCUT2D eigenvalue weighted by Crippen LogP contribution is -2.43. The van der Waals surface area contributed by atoms with E-state index in [4.69, 9.17) is 9.47 Å². The zero-order valence-electron chi connectivity index (χ0n) is 16.9. The molecule has 2 bridgehead atoms. The lowest BCUT2D eigenvalue weighted by Gasteiger charge is -2.36. The maximum absolute atomic E-state index is 13.3. The first-order valence-electron chi connectivity index (χ1n) is 10.3. The van der Waals surface area contributed by atoms with Crippen LogP contribution in [0.15, 0.2) is 54.6 Å². The number of carbonyl (C=O) groups excluding carboxylic acids is 2. The molecular formula is C24H27NO4. The van der Waals surface area contributed by atoms with Crippen LogP contribution in [0.2, 0.25) is 0 Å². The molecule has 152 valence electrons. The third kappa shape index (κ3) is 4.35. The van der Waals surface area contributed by atoms with E-state index in [1.54, 1.807) is 12.1 Å². The van der Waals surface area contributed by atoms with Crippen LogP contribution in [-0.2, 0) is 14.3 Å². The minimum atomic E-state index is -0.500. The van der Waals surface area contributed by atoms with Crippen LogP contribution in [0.25, 0.3) is 0 Å². The van der Waals surface area contributed by atoms with E-state index in [0.717, 1.165) is 24.0 Å². The number of ether oxygens (including phenoxy) is 2. The zero-order chi connectivity index (χ0) is 20.4. The van der Waals surface area contributed by atoms with Crippen molar-refractivity contribution in [2.24, 2.45) is 0 Å². The Bertz CT molecular complexity index is 850. The van der Waals surface area contributed by atoms with Crippen LogP contribution >= 0.6 is 0 Å². The van der Waals surface area contributed by atoms with E-state index >= 15 is 0 Å². The van der Waals surface area contributed by atoms with Crippen molar-refractivity contribution in [3.05, 3.63) is 65.7 Å². The van der Waals surface area contributed by atoms with E-state index in [9.17, 15) is 9.59 Å². The number of esters is 2. The average molecular weight is 393 g/mol. The minimum absolute atomic E-state index is 0.0252. The second-order valence-corrected chi connectivity index (χ2v) is 8.09. The molecule has 0 spiro atoms. The Morgan fingerprint density at radius 2 is 1.52 bits per heavy atom. The first-order valence-corrected chi connectivity index (χ1v) is 10.3. The van der Waals surface area contributed by atoms with Gasteiger partial charge in [-0.15, -0.1) is 0 Å². The van der Waals surface area contributed by atoms with E-state index in [1.165, 1.54) is 19.8 Å². The van der Waals surface area contributed by atoms with Crippen molar-refractivity contribution in [2.75, 3.05) is 7.05 Å². The van der Waals surface area contributed by atoms with Crippen LogP contribution in [0.4, 0.5) is 0 Å². The molecule has 0 amide bonds. The zero-order valence-corrected chi connectivity index (χ0v) is 16.9. The van der Waals surface area contributed by atoms with E-state index in [1.807, 2.05) is 42.5 Å². The van der Waals surface area contributed by atoms with Gasteiger partial charge in [0.25, 0.3) is 0 Å². The van der Waals surface area contributed by atoms with Crippen LogP contribution in [0.1, 0.15) is 49.7 Å². The van der Waals surface area contributed by atoms with Gasteiger partial charge < -0.3 is 14.4 Å². The Morgan fingerprint density at radius 1 is 0.931 bits per heavy atom. The fraction of sp³-hybridized carbons (Fsp3) is 0.417. The van der Waals surface area contributed by atoms with Gasteiger partial charge in [0.1, 0.15) is 17.8 Å². The second-order valence-electron chi connectivity index (χ2n) is 8.09. The Balaban J connectivity index is 1.54. The third-order valence-corrected chi connectivity index (χ3v) is 6.18. The van der Waals surface area contributed by atoms with Crippen molar-refractivity contribution in [1.29, 1.82) is 0 Å². The Hall–Kier alpha value is -2.66. The number of hydrogen-bond acceptors (Lipinski definition) is 5. The first kappa shape index (κ1) is 19.6. The van der Waals surface area contributed by atoms with Gasteiger partial charge in [0.15, 0.2) is 0 Å². The van der Waals surface area contributed by atoms with Crippen LogP contribution in [0.3, 0.4) is 0 Å². The highest BCUT2D eigenvalue weighted by Gasteiger charge is 2.40. The summed E-state index contributed by atoms with van der Waals surface area (Å²) in [4.78, 5) is 26.9. The lowest BCUT2D eigenvalue weighted by molar-refractivity contribution is -0.153. The van der Waals surface area contributed by atoms with Crippen LogP contribution in [0, 0.1) is 0 Å². The molecule has 0 N–H and O–H groups in total. The maximum atomic E-state index is 13.3. The normalized spacial score (nSPS) is 24.7. The number of nitrogens with zero attached hydrogens (tertiary/aromatic N) is 1. The van der Waals surface area contributed by atoms with E-state index in [2.05, 4.69) is 11.9 Å². The molecular weight excluding hydrogens is 366 g/mol. The molecule has 2 aromatic rings. The molecule has 2 fully saturated rings. The molecule has 0 radical (unpaired) electrons. The average Bonchev–Trinajstić information content (AvgIpc) is 2.90. The van der Waals surface area contributed by atoms with E-state index in [0.29, 0.717) is 17.8 Å². The van der Waals surface area contributed by atoms with Crippen LogP contribution in [0.5, 0.6) is 5.75 Å². The highest BCUT2D eigenvalue weighted by atomic mass is 16.5. The molecule has 5 heteroatoms. The number of piperidine rings is 1. The number of carbonyl (C=O) groups is 2. The maximum Gasteiger partial charge on any atom is 0.318 e. The molecule has 0 aromatic heterocycles. The largest absolute Gasteiger partial charge is 0.462 e. The van der Waals surface area contributed by atoms with Crippen LogP contribution < -0.4 is 4.74 Å². The summed E-state index contributed by atoms with van der Waals surface area (Å²) in [5.41, 5.74) is 1.72. The summed E-state index contributed by atoms with van der Waals surface area (Å²) in [5, 5.41) is 0. The fourth-order valence-corrected chi connectivity index (χ4v) is 4.69. The van der Waals surface area contributed by atoms with Gasteiger partial charge >= 0.3 is 11.9 Å². The van der Waals surface area contributed by atoms with Gasteiger partial charge in [0.2, 0.25) is 0 Å². The SMILES string of the molecule is CC(=O)Oc1ccc(C(C(=O)OC2C[C@H]3CC[C@@H](C2)N3C)c2ccccc2)cc1. The highest BCUT2D eigenvalue weighted by molar-refractivity contribution is 5.82. The number of hydrogen-bond donors (Lipinski definition) is 0. The predicted octanol–water partition coefficient (Wildman–Crippen LogP) is 3.91. The van der Waals surface area contributed by atoms with Gasteiger partial charge in [0, 0.05) is 19.0 Å². The summed E-state index contributed by atoms with van der Waals surface area (Å²) in [6.45, 7) is 1.37. The third-order valence-electron chi connectivity index (χ3n) is 6.18. The van der Waals surface area contributed by atoms with Gasteiger partial charge in [-0.3, -0.25) is 9.59 Å². The number of benzene rings is 2. The standard InChI is InChI=1S/C24H27NO4/c1-16(26)28-21-12-8-18(9-13-21)23(17-6-4-3-5-7-17)24(27)29-22-14-19-10-11-20(15-22)25(19)2/h3-9,12-13,19-20,22-23H,10-11,14-15H2,1-2H3/t19-,20+,22?,23?. The monoisotopic (exact) mass is 393 g/mol. The van der Waals surface area contributed by atoms with Crippen molar-refractivity contribution in [3.63, 3.8) is 0 Å². The van der Waals surface area contributed by atoms with Crippen molar-refractivity contribution < 1.29 is 19.1 Å². The number of fused-ring (bicyclic) bond motifs is 2. The molecule has 2 unspecified atom stereocenters. The molecule has 0 saturated carbocycles. The summed E-state index contributed by atoms with van der Waals surface area (Å²) in [6.07, 6.45) is 4.17. The second kappa shape index (κ2) is 8.37. The topological polar surface area (TPSA) is 55.8 Å². The molecule has 2 saturated heterocycles. The summed E-state index contributed by atoms with van der Waals surface area (Å²) >= 11 is 0. The molecule has 2 aromatic carbocycles. The Labute approximate surface area is 171 Å². The highest BCUT2D eigenvalue weighted by Crippen LogP contribution is 2.37. The molecule has 2 heterocycles. The predicted molar refractivity (Wildman–Crippen MR) is 110 cm³/mol. The smallest absolute Gasteiger partial charge is 0.318 e. The van der Waals surface area contributed by atoms with Crippen LogP contribution in [-0.4, -0.2) is 42.1 Å². The summed E-state index contributed by atoms with van der Waals surface area (Å²) in [7, 11) is 2.18. The Kier molecular flexibility index (Phi) is 5.67. The molecule has 4 atom stereocenters. The van der Waals surface area contributed by atoms with Gasteiger partial charge in [-0.25, -0.2) is 0 Å². The molecule has 2 aliphatic rings. The van der Waals surface area contributed by atoms with Gasteiger partial charge in [-0.2, -0.15) is 0 Å². The Morgan fingerprint density at radius 3 is 2.10 bits per heavy atom. The van der Waals surface area contributed by atoms with Crippen molar-refractivity contribution in [2.45, 2.75) is 56.7 Å². The molecule has 5 nitrogen and oxygen atoms in total. The molecule has 4 rings (SSSR count). The number of rotatable bonds is 5. The summed E-state index contributed by atoms with van der Waals surface area (Å²) in [6, 6.07) is 17.8. The van der Waals surface area contributed by atoms with Gasteiger partial charge in [0.05, 0.1) is 0 Å². The van der Waals surface area contributed by atoms with Gasteiger partial charge in [-0.05, 0) is 56.0 Å².